The van der Waals surface area contributed by atoms with Crippen molar-refractivity contribution in [2.45, 2.75) is 23.9 Å². The van der Waals surface area contributed by atoms with Crippen molar-refractivity contribution in [1.29, 1.82) is 0 Å². The van der Waals surface area contributed by atoms with E-state index in [-0.39, 0.29) is 23.9 Å². The minimum absolute atomic E-state index is 0.0751. The highest BCUT2D eigenvalue weighted by molar-refractivity contribution is 5.35. The van der Waals surface area contributed by atoms with Crippen molar-refractivity contribution < 1.29 is 0 Å². The van der Waals surface area contributed by atoms with Crippen LogP contribution in [0.4, 0.5) is 0 Å². The van der Waals surface area contributed by atoms with Crippen molar-refractivity contribution in [3.05, 3.63) is 144 Å². The van der Waals surface area contributed by atoms with Crippen LogP contribution in [0, 0.1) is 0 Å². The van der Waals surface area contributed by atoms with Crippen LogP contribution < -0.4 is 16.8 Å². The number of benzene rings is 4. The molecule has 2 atom stereocenters. The molecule has 168 valence electrons. The second-order valence-electron chi connectivity index (χ2n) is 8.58. The minimum Gasteiger partial charge on any atom is -0.326 e. The predicted molar refractivity (Wildman–Crippen MR) is 138 cm³/mol. The highest BCUT2D eigenvalue weighted by Crippen LogP contribution is 2.28. The van der Waals surface area contributed by atoms with Crippen LogP contribution in [0.25, 0.3) is 0 Å². The maximum absolute atomic E-state index is 6.76. The largest absolute Gasteiger partial charge is 0.326 e. The summed E-state index contributed by atoms with van der Waals surface area (Å²) in [6.07, 6.45) is 0. The topological polar surface area (TPSA) is 64.1 Å². The van der Waals surface area contributed by atoms with Gasteiger partial charge in [0.25, 0.3) is 0 Å². The molecule has 3 heteroatoms. The summed E-state index contributed by atoms with van der Waals surface area (Å²) in [6, 6.07) is 41.9. The average molecular weight is 436 g/mol. The molecule has 0 aliphatic carbocycles. The van der Waals surface area contributed by atoms with Crippen molar-refractivity contribution in [2.24, 2.45) is 11.5 Å². The molecule has 0 aromatic heterocycles. The molecular weight excluding hydrogens is 402 g/mol. The Labute approximate surface area is 197 Å². The normalized spacial score (nSPS) is 13.2. The second kappa shape index (κ2) is 11.6. The molecular formula is C30H33N3. The van der Waals surface area contributed by atoms with Crippen molar-refractivity contribution in [1.82, 2.24) is 5.32 Å². The van der Waals surface area contributed by atoms with Crippen LogP contribution in [0.5, 0.6) is 0 Å². The van der Waals surface area contributed by atoms with Crippen LogP contribution in [0.3, 0.4) is 0 Å². The first-order chi connectivity index (χ1) is 16.2. The third kappa shape index (κ3) is 5.96. The molecule has 0 saturated heterocycles. The van der Waals surface area contributed by atoms with E-state index >= 15 is 0 Å². The summed E-state index contributed by atoms with van der Waals surface area (Å²) in [7, 11) is 0. The fourth-order valence-corrected chi connectivity index (χ4v) is 4.67. The van der Waals surface area contributed by atoms with Gasteiger partial charge in [0.05, 0.1) is 0 Å². The lowest BCUT2D eigenvalue weighted by Gasteiger charge is -2.28. The van der Waals surface area contributed by atoms with Gasteiger partial charge in [-0.25, -0.2) is 0 Å². The monoisotopic (exact) mass is 435 g/mol. The molecule has 0 radical (unpaired) electrons. The predicted octanol–water partition coefficient (Wildman–Crippen LogP) is 4.89. The first kappa shape index (κ1) is 22.9. The zero-order chi connectivity index (χ0) is 22.9. The molecule has 0 bridgehead atoms. The van der Waals surface area contributed by atoms with Crippen LogP contribution in [0.2, 0.25) is 0 Å². The standard InChI is InChI=1S/C30H33N3/c31-27(29(23-13-5-1-6-14-23)24-15-7-2-8-16-24)21-33-22-28(32)30(25-17-9-3-10-18-25)26-19-11-4-12-20-26/h1-20,27-30,33H,21-22,31-32H2. The van der Waals surface area contributed by atoms with E-state index in [1.807, 2.05) is 24.3 Å². The fraction of sp³-hybridized carbons (Fsp3) is 0.200. The maximum atomic E-state index is 6.76. The van der Waals surface area contributed by atoms with Gasteiger partial charge in [-0.2, -0.15) is 0 Å². The van der Waals surface area contributed by atoms with Gasteiger partial charge in [0, 0.05) is 37.0 Å². The number of hydrogen-bond donors (Lipinski definition) is 3. The second-order valence-corrected chi connectivity index (χ2v) is 8.58. The van der Waals surface area contributed by atoms with Gasteiger partial charge in [0.1, 0.15) is 0 Å². The number of nitrogens with two attached hydrogens (primary N) is 2. The van der Waals surface area contributed by atoms with Gasteiger partial charge in [0.15, 0.2) is 0 Å². The molecule has 5 N–H and O–H groups in total. The summed E-state index contributed by atoms with van der Waals surface area (Å²) in [4.78, 5) is 0. The highest BCUT2D eigenvalue weighted by atomic mass is 14.9. The first-order valence-corrected chi connectivity index (χ1v) is 11.7. The van der Waals surface area contributed by atoms with Crippen molar-refractivity contribution >= 4 is 0 Å². The SMILES string of the molecule is NC(CNCC(N)C(c1ccccc1)c1ccccc1)C(c1ccccc1)c1ccccc1. The Hall–Kier alpha value is -3.24. The number of hydrogen-bond acceptors (Lipinski definition) is 3. The fourth-order valence-electron chi connectivity index (χ4n) is 4.67. The van der Waals surface area contributed by atoms with E-state index < -0.39 is 0 Å². The van der Waals surface area contributed by atoms with Crippen molar-refractivity contribution in [2.75, 3.05) is 13.1 Å². The molecule has 2 unspecified atom stereocenters. The van der Waals surface area contributed by atoms with E-state index in [1.165, 1.54) is 22.3 Å². The third-order valence-corrected chi connectivity index (χ3v) is 6.25. The molecule has 0 aliphatic rings. The van der Waals surface area contributed by atoms with E-state index in [4.69, 9.17) is 11.5 Å². The van der Waals surface area contributed by atoms with E-state index in [2.05, 4.69) is 102 Å². The molecule has 4 aromatic carbocycles. The number of rotatable bonds is 10. The Kier molecular flexibility index (Phi) is 8.04. The molecule has 0 aliphatic heterocycles. The molecule has 33 heavy (non-hydrogen) atoms. The van der Waals surface area contributed by atoms with E-state index in [0.717, 1.165) is 0 Å². The van der Waals surface area contributed by atoms with Crippen LogP contribution in [0.1, 0.15) is 34.1 Å². The van der Waals surface area contributed by atoms with E-state index in [9.17, 15) is 0 Å². The Bertz CT molecular complexity index is 901. The molecule has 0 saturated carbocycles. The summed E-state index contributed by atoms with van der Waals surface area (Å²) >= 11 is 0. The van der Waals surface area contributed by atoms with Gasteiger partial charge in [-0.15, -0.1) is 0 Å². The molecule has 4 rings (SSSR count). The number of nitrogens with one attached hydrogen (secondary N) is 1. The summed E-state index contributed by atoms with van der Waals surface area (Å²) in [5, 5.41) is 3.57. The Morgan fingerprint density at radius 3 is 0.909 bits per heavy atom. The van der Waals surface area contributed by atoms with Crippen LogP contribution in [-0.4, -0.2) is 25.2 Å². The van der Waals surface area contributed by atoms with E-state index in [1.54, 1.807) is 0 Å². The smallest absolute Gasteiger partial charge is 0.0276 e. The van der Waals surface area contributed by atoms with Crippen LogP contribution in [-0.2, 0) is 0 Å². The van der Waals surface area contributed by atoms with Gasteiger partial charge in [-0.05, 0) is 22.3 Å². The molecule has 0 spiro atoms. The lowest BCUT2D eigenvalue weighted by Crippen LogP contribution is -2.45. The third-order valence-electron chi connectivity index (χ3n) is 6.25. The summed E-state index contributed by atoms with van der Waals surface area (Å²) in [5.41, 5.74) is 18.4. The van der Waals surface area contributed by atoms with Gasteiger partial charge < -0.3 is 16.8 Å². The minimum atomic E-state index is -0.0751. The van der Waals surface area contributed by atoms with Crippen molar-refractivity contribution in [3.63, 3.8) is 0 Å². The van der Waals surface area contributed by atoms with Gasteiger partial charge in [-0.3, -0.25) is 0 Å². The summed E-state index contributed by atoms with van der Waals surface area (Å²) < 4.78 is 0. The Morgan fingerprint density at radius 1 is 0.424 bits per heavy atom. The molecule has 0 amide bonds. The lowest BCUT2D eigenvalue weighted by molar-refractivity contribution is 0.484. The summed E-state index contributed by atoms with van der Waals surface area (Å²) in [6.45, 7) is 1.36. The van der Waals surface area contributed by atoms with Crippen LogP contribution in [0.15, 0.2) is 121 Å². The Balaban J connectivity index is 1.46. The lowest BCUT2D eigenvalue weighted by atomic mass is 9.84. The molecule has 0 fully saturated rings. The zero-order valence-electron chi connectivity index (χ0n) is 18.9. The van der Waals surface area contributed by atoms with E-state index in [0.29, 0.717) is 13.1 Å². The zero-order valence-corrected chi connectivity index (χ0v) is 18.9. The Morgan fingerprint density at radius 2 is 0.667 bits per heavy atom. The van der Waals surface area contributed by atoms with Gasteiger partial charge >= 0.3 is 0 Å². The van der Waals surface area contributed by atoms with Crippen LogP contribution >= 0.6 is 0 Å². The highest BCUT2D eigenvalue weighted by Gasteiger charge is 2.24. The van der Waals surface area contributed by atoms with Gasteiger partial charge in [0.2, 0.25) is 0 Å². The molecule has 0 heterocycles. The quantitative estimate of drug-likeness (QED) is 0.332. The molecule has 4 aromatic rings. The molecule has 3 nitrogen and oxygen atoms in total. The average Bonchev–Trinajstić information content (AvgIpc) is 2.87. The summed E-state index contributed by atoms with van der Waals surface area (Å²) in [5.74, 6) is 0.241. The maximum Gasteiger partial charge on any atom is 0.0276 e. The van der Waals surface area contributed by atoms with Gasteiger partial charge in [-0.1, -0.05) is 121 Å². The first-order valence-electron chi connectivity index (χ1n) is 11.7. The van der Waals surface area contributed by atoms with Crippen molar-refractivity contribution in [3.8, 4) is 0 Å².